The maximum Gasteiger partial charge on any atom is 0.260 e. The van der Waals surface area contributed by atoms with Crippen molar-refractivity contribution in [3.8, 4) is 0 Å². The van der Waals surface area contributed by atoms with Gasteiger partial charge in [0.15, 0.2) is 5.13 Å². The van der Waals surface area contributed by atoms with E-state index in [9.17, 15) is 13.2 Å². The number of aromatic nitrogens is 1. The van der Waals surface area contributed by atoms with Crippen molar-refractivity contribution in [2.24, 2.45) is 0 Å². The molecule has 0 spiro atoms. The lowest BCUT2D eigenvalue weighted by Gasteiger charge is -2.22. The van der Waals surface area contributed by atoms with Gasteiger partial charge in [0.2, 0.25) is 10.0 Å². The number of sulfonamides is 1. The molecule has 0 fully saturated rings. The van der Waals surface area contributed by atoms with Gasteiger partial charge in [-0.25, -0.2) is 13.4 Å². The number of nitrogens with zero attached hydrogens (tertiary/aromatic N) is 4. The van der Waals surface area contributed by atoms with E-state index in [1.54, 1.807) is 30.1 Å². The Morgan fingerprint density at radius 2 is 1.62 bits per heavy atom. The zero-order valence-electron chi connectivity index (χ0n) is 20.7. The summed E-state index contributed by atoms with van der Waals surface area (Å²) in [5.74, 6) is -0.247. The van der Waals surface area contributed by atoms with Crippen molar-refractivity contribution in [1.82, 2.24) is 14.2 Å². The normalized spacial score (nSPS) is 11.6. The fourth-order valence-corrected chi connectivity index (χ4v) is 6.04. The minimum Gasteiger partial charge on any atom is -0.308 e. The molecule has 4 aromatic rings. The molecule has 3 aromatic carbocycles. The lowest BCUT2D eigenvalue weighted by molar-refractivity contribution is 0.0985. The summed E-state index contributed by atoms with van der Waals surface area (Å²) in [6.45, 7) is 1.32. The van der Waals surface area contributed by atoms with Crippen molar-refractivity contribution in [2.45, 2.75) is 11.4 Å². The summed E-state index contributed by atoms with van der Waals surface area (Å²) in [7, 11) is 1.70. The quantitative estimate of drug-likeness (QED) is 0.266. The summed E-state index contributed by atoms with van der Waals surface area (Å²) in [6.07, 6.45) is 0. The van der Waals surface area contributed by atoms with Crippen molar-refractivity contribution in [3.63, 3.8) is 0 Å². The molecule has 0 aliphatic rings. The number of fused-ring (bicyclic) bond motifs is 1. The predicted molar refractivity (Wildman–Crippen MR) is 154 cm³/mol. The van der Waals surface area contributed by atoms with E-state index in [-0.39, 0.29) is 29.8 Å². The van der Waals surface area contributed by atoms with Crippen LogP contribution >= 0.6 is 35.3 Å². The predicted octanol–water partition coefficient (Wildman–Crippen LogP) is 5.40. The lowest BCUT2D eigenvalue weighted by Crippen LogP contribution is -2.36. The third-order valence-corrected chi connectivity index (χ3v) is 8.74. The van der Waals surface area contributed by atoms with Crippen LogP contribution in [0.1, 0.15) is 15.9 Å². The van der Waals surface area contributed by atoms with Crippen molar-refractivity contribution < 1.29 is 13.2 Å². The van der Waals surface area contributed by atoms with E-state index in [0.29, 0.717) is 28.8 Å². The van der Waals surface area contributed by atoms with Gasteiger partial charge in [0.1, 0.15) is 0 Å². The average Bonchev–Trinajstić information content (AvgIpc) is 3.27. The van der Waals surface area contributed by atoms with E-state index in [1.165, 1.54) is 27.8 Å². The second kappa shape index (κ2) is 12.3. The van der Waals surface area contributed by atoms with Crippen LogP contribution in [0, 0.1) is 0 Å². The molecule has 1 heterocycles. The summed E-state index contributed by atoms with van der Waals surface area (Å²) in [5, 5.41) is 1.18. The highest BCUT2D eigenvalue weighted by molar-refractivity contribution is 7.89. The number of rotatable bonds is 9. The van der Waals surface area contributed by atoms with Gasteiger partial charge < -0.3 is 4.90 Å². The van der Waals surface area contributed by atoms with Gasteiger partial charge in [-0.05, 0) is 62.1 Å². The van der Waals surface area contributed by atoms with E-state index in [0.717, 1.165) is 15.8 Å². The molecule has 0 saturated carbocycles. The first kappa shape index (κ1) is 29.0. The van der Waals surface area contributed by atoms with Crippen LogP contribution in [0.15, 0.2) is 77.7 Å². The highest BCUT2D eigenvalue weighted by Crippen LogP contribution is 2.31. The van der Waals surface area contributed by atoms with Crippen molar-refractivity contribution in [1.29, 1.82) is 0 Å². The topological polar surface area (TPSA) is 73.8 Å². The van der Waals surface area contributed by atoms with E-state index in [4.69, 9.17) is 11.6 Å². The van der Waals surface area contributed by atoms with E-state index in [2.05, 4.69) is 4.98 Å². The molecule has 7 nitrogen and oxygen atoms in total. The molecular weight excluding hydrogens is 551 g/mol. The molecule has 0 aliphatic carbocycles. The maximum absolute atomic E-state index is 13.5. The second-order valence-corrected chi connectivity index (χ2v) is 12.1. The minimum absolute atomic E-state index is 0. The van der Waals surface area contributed by atoms with Crippen LogP contribution in [0.2, 0.25) is 5.02 Å². The highest BCUT2D eigenvalue weighted by atomic mass is 35.5. The average molecular weight is 580 g/mol. The molecule has 4 rings (SSSR count). The highest BCUT2D eigenvalue weighted by Gasteiger charge is 2.24. The smallest absolute Gasteiger partial charge is 0.260 e. The molecule has 0 aliphatic heterocycles. The molecule has 0 unspecified atom stereocenters. The Morgan fingerprint density at radius 1 is 0.946 bits per heavy atom. The van der Waals surface area contributed by atoms with Crippen LogP contribution in [0.25, 0.3) is 10.2 Å². The zero-order valence-corrected chi connectivity index (χ0v) is 23.9. The molecular formula is C26H28Cl2N4O3S2. The third kappa shape index (κ3) is 6.87. The van der Waals surface area contributed by atoms with Crippen LogP contribution < -0.4 is 4.90 Å². The molecule has 0 bridgehead atoms. The number of carbonyl (C=O) groups excluding carboxylic acids is 1. The summed E-state index contributed by atoms with van der Waals surface area (Å²) < 4.78 is 28.4. The van der Waals surface area contributed by atoms with Gasteiger partial charge in [-0.3, -0.25) is 9.69 Å². The van der Waals surface area contributed by atoms with Gasteiger partial charge >= 0.3 is 0 Å². The molecule has 0 atom stereocenters. The van der Waals surface area contributed by atoms with Gasteiger partial charge in [-0.1, -0.05) is 53.3 Å². The largest absolute Gasteiger partial charge is 0.308 e. The molecule has 0 N–H and O–H groups in total. The van der Waals surface area contributed by atoms with Crippen LogP contribution in [0.3, 0.4) is 0 Å². The summed E-state index contributed by atoms with van der Waals surface area (Å²) >= 11 is 7.52. The molecule has 196 valence electrons. The van der Waals surface area contributed by atoms with Crippen molar-refractivity contribution in [3.05, 3.63) is 88.9 Å². The monoisotopic (exact) mass is 578 g/mol. The number of thiazole rings is 1. The van der Waals surface area contributed by atoms with Crippen molar-refractivity contribution in [2.75, 3.05) is 39.1 Å². The summed E-state index contributed by atoms with van der Waals surface area (Å²) in [4.78, 5) is 21.9. The number of anilines is 1. The molecule has 37 heavy (non-hydrogen) atoms. The lowest BCUT2D eigenvalue weighted by atomic mass is 10.2. The Morgan fingerprint density at radius 3 is 2.27 bits per heavy atom. The molecule has 0 saturated heterocycles. The fourth-order valence-electron chi connectivity index (χ4n) is 3.62. The molecule has 1 aromatic heterocycles. The first-order valence-corrected chi connectivity index (χ1v) is 13.9. The van der Waals surface area contributed by atoms with Crippen LogP contribution in [0.5, 0.6) is 0 Å². The number of hydrogen-bond donors (Lipinski definition) is 0. The van der Waals surface area contributed by atoms with Crippen molar-refractivity contribution >= 4 is 66.6 Å². The standard InChI is InChI=1S/C26H27ClN4O3S2.ClH/c1-29(2)15-16-31(26-28-23-14-11-21(27)17-24(23)35-26)25(32)20-9-12-22(13-10-20)36(33,34)30(3)18-19-7-5-4-6-8-19;/h4-14,17H,15-16,18H2,1-3H3;1H. The van der Waals surface area contributed by atoms with Gasteiger partial charge in [0.05, 0.1) is 15.1 Å². The Labute approximate surface area is 232 Å². The SMILES string of the molecule is CN(C)CCN(C(=O)c1ccc(S(=O)(=O)N(C)Cc2ccccc2)cc1)c1nc2ccc(Cl)cc2s1.Cl. The Bertz CT molecular complexity index is 1460. The summed E-state index contributed by atoms with van der Waals surface area (Å²) in [6, 6.07) is 20.9. The third-order valence-electron chi connectivity index (χ3n) is 5.64. The zero-order chi connectivity index (χ0) is 25.9. The second-order valence-electron chi connectivity index (χ2n) is 8.64. The molecule has 1 amide bonds. The number of carbonyl (C=O) groups is 1. The Balaban J connectivity index is 0.00000380. The van der Waals surface area contributed by atoms with Gasteiger partial charge in [0.25, 0.3) is 5.91 Å². The minimum atomic E-state index is -3.72. The van der Waals surface area contributed by atoms with Crippen LogP contribution in [-0.4, -0.2) is 62.7 Å². The molecule has 0 radical (unpaired) electrons. The first-order chi connectivity index (χ1) is 17.1. The number of amides is 1. The summed E-state index contributed by atoms with van der Waals surface area (Å²) in [5.41, 5.74) is 2.05. The molecule has 11 heteroatoms. The number of benzene rings is 3. The Kier molecular flexibility index (Phi) is 9.68. The van der Waals surface area contributed by atoms with Crippen LogP contribution in [0.4, 0.5) is 5.13 Å². The fraction of sp³-hybridized carbons (Fsp3) is 0.231. The Hall–Kier alpha value is -2.53. The van der Waals surface area contributed by atoms with Gasteiger partial charge in [-0.2, -0.15) is 4.31 Å². The number of likely N-dealkylation sites (N-methyl/N-ethyl adjacent to an activating group) is 1. The number of halogens is 2. The van der Waals surface area contributed by atoms with Gasteiger partial charge in [0, 0.05) is 37.3 Å². The van der Waals surface area contributed by atoms with E-state index < -0.39 is 10.0 Å². The van der Waals surface area contributed by atoms with E-state index >= 15 is 0 Å². The van der Waals surface area contributed by atoms with E-state index in [1.807, 2.05) is 61.5 Å². The van der Waals surface area contributed by atoms with Gasteiger partial charge in [-0.15, -0.1) is 12.4 Å². The van der Waals surface area contributed by atoms with Crippen LogP contribution in [-0.2, 0) is 16.6 Å². The number of hydrogen-bond acceptors (Lipinski definition) is 6. The first-order valence-electron chi connectivity index (χ1n) is 11.3. The maximum atomic E-state index is 13.5.